The van der Waals surface area contributed by atoms with Gasteiger partial charge in [0, 0.05) is 38.5 Å². The zero-order valence-corrected chi connectivity index (χ0v) is 9.77. The maximum Gasteiger partial charge on any atom is 0.212 e. The van der Waals surface area contributed by atoms with Crippen molar-refractivity contribution in [2.75, 3.05) is 33.9 Å². The molecule has 0 saturated carbocycles. The van der Waals surface area contributed by atoms with E-state index >= 15 is 0 Å². The van der Waals surface area contributed by atoms with Crippen molar-refractivity contribution >= 4 is 0 Å². The molecule has 5 heteroatoms. The van der Waals surface area contributed by atoms with Crippen LogP contribution in [0.5, 0.6) is 5.88 Å². The fourth-order valence-electron chi connectivity index (χ4n) is 1.39. The van der Waals surface area contributed by atoms with Crippen molar-refractivity contribution in [1.29, 1.82) is 0 Å². The number of aromatic nitrogens is 1. The number of pyridine rings is 1. The number of nitrogens with two attached hydrogens (primary N) is 1. The molecule has 0 aliphatic carbocycles. The Bertz CT molecular complexity index is 290. The van der Waals surface area contributed by atoms with Crippen molar-refractivity contribution in [3.05, 3.63) is 23.9 Å². The van der Waals surface area contributed by atoms with Crippen LogP contribution in [0.15, 0.2) is 18.3 Å². The minimum atomic E-state index is 0.105. The molecule has 0 aromatic carbocycles. The Kier molecular flexibility index (Phi) is 5.77. The zero-order chi connectivity index (χ0) is 11.8. The number of hydrogen-bond acceptors (Lipinski definition) is 5. The highest BCUT2D eigenvalue weighted by atomic mass is 16.5. The van der Waals surface area contributed by atoms with E-state index in [1.807, 2.05) is 12.1 Å². The van der Waals surface area contributed by atoms with Crippen LogP contribution in [0.4, 0.5) is 0 Å². The van der Waals surface area contributed by atoms with Crippen LogP contribution in [0.25, 0.3) is 0 Å². The van der Waals surface area contributed by atoms with Crippen LogP contribution in [0.3, 0.4) is 0 Å². The molecule has 0 bridgehead atoms. The topological polar surface area (TPSA) is 69.4 Å². The third-order valence-electron chi connectivity index (χ3n) is 2.30. The number of nitrogens with zero attached hydrogens (tertiary/aromatic N) is 1. The molecule has 90 valence electrons. The molecule has 0 amide bonds. The first-order chi connectivity index (χ1) is 7.81. The van der Waals surface area contributed by atoms with Gasteiger partial charge in [-0.2, -0.15) is 0 Å². The highest BCUT2D eigenvalue weighted by molar-refractivity contribution is 5.21. The van der Waals surface area contributed by atoms with Crippen LogP contribution in [0.2, 0.25) is 0 Å². The molecule has 1 aromatic rings. The van der Waals surface area contributed by atoms with Crippen molar-refractivity contribution in [1.82, 2.24) is 10.3 Å². The second-order valence-corrected chi connectivity index (χ2v) is 3.37. The molecular formula is C11H19N3O2. The molecule has 16 heavy (non-hydrogen) atoms. The van der Waals surface area contributed by atoms with Crippen LogP contribution >= 0.6 is 0 Å². The Hall–Kier alpha value is -1.17. The van der Waals surface area contributed by atoms with Crippen LogP contribution in [0, 0.1) is 0 Å². The van der Waals surface area contributed by atoms with Gasteiger partial charge in [-0.1, -0.05) is 6.07 Å². The van der Waals surface area contributed by atoms with E-state index in [1.165, 1.54) is 0 Å². The molecule has 0 spiro atoms. The molecular weight excluding hydrogens is 206 g/mol. The van der Waals surface area contributed by atoms with Crippen LogP contribution in [-0.2, 0) is 4.74 Å². The lowest BCUT2D eigenvalue weighted by atomic mass is 10.1. The van der Waals surface area contributed by atoms with Gasteiger partial charge in [0.15, 0.2) is 0 Å². The third-order valence-corrected chi connectivity index (χ3v) is 2.30. The Labute approximate surface area is 96.0 Å². The fourth-order valence-corrected chi connectivity index (χ4v) is 1.39. The molecule has 0 aliphatic rings. The van der Waals surface area contributed by atoms with E-state index in [-0.39, 0.29) is 6.04 Å². The van der Waals surface area contributed by atoms with E-state index in [1.54, 1.807) is 20.4 Å². The van der Waals surface area contributed by atoms with E-state index in [0.717, 1.165) is 12.1 Å². The van der Waals surface area contributed by atoms with Crippen molar-refractivity contribution in [2.45, 2.75) is 6.04 Å². The Morgan fingerprint density at radius 2 is 2.25 bits per heavy atom. The number of hydrogen-bond donors (Lipinski definition) is 2. The van der Waals surface area contributed by atoms with Crippen molar-refractivity contribution < 1.29 is 9.47 Å². The second kappa shape index (κ2) is 7.16. The summed E-state index contributed by atoms with van der Waals surface area (Å²) < 4.78 is 9.97. The summed E-state index contributed by atoms with van der Waals surface area (Å²) in [5.74, 6) is 0.608. The molecule has 1 aromatic heterocycles. The number of methoxy groups -OCH3 is 2. The average molecular weight is 225 g/mol. The number of nitrogens with one attached hydrogen (secondary N) is 1. The number of ether oxygens (including phenoxy) is 2. The normalized spacial score (nSPS) is 12.4. The average Bonchev–Trinajstić information content (AvgIpc) is 2.35. The van der Waals surface area contributed by atoms with Gasteiger partial charge in [0.2, 0.25) is 5.88 Å². The van der Waals surface area contributed by atoms with Gasteiger partial charge in [-0.3, -0.25) is 0 Å². The van der Waals surface area contributed by atoms with Gasteiger partial charge >= 0.3 is 0 Å². The summed E-state index contributed by atoms with van der Waals surface area (Å²) in [6.45, 7) is 1.96. The maximum atomic E-state index is 5.70. The largest absolute Gasteiger partial charge is 0.481 e. The summed E-state index contributed by atoms with van der Waals surface area (Å²) in [6.07, 6.45) is 1.77. The highest BCUT2D eigenvalue weighted by Gasteiger charge is 2.08. The van der Waals surface area contributed by atoms with Gasteiger partial charge in [0.25, 0.3) is 0 Å². The fraction of sp³-hybridized carbons (Fsp3) is 0.545. The molecule has 1 atom stereocenters. The Balaban J connectivity index is 2.56. The van der Waals surface area contributed by atoms with E-state index in [0.29, 0.717) is 19.0 Å². The molecule has 1 heterocycles. The first-order valence-electron chi connectivity index (χ1n) is 5.24. The van der Waals surface area contributed by atoms with Gasteiger partial charge in [-0.05, 0) is 5.56 Å². The first kappa shape index (κ1) is 12.9. The SMILES string of the molecule is COCCNC(CN)c1ccc(OC)nc1. The summed E-state index contributed by atoms with van der Waals surface area (Å²) in [4.78, 5) is 4.15. The third kappa shape index (κ3) is 3.77. The Morgan fingerprint density at radius 1 is 1.44 bits per heavy atom. The lowest BCUT2D eigenvalue weighted by molar-refractivity contribution is 0.196. The molecule has 0 aliphatic heterocycles. The van der Waals surface area contributed by atoms with Gasteiger partial charge in [0.05, 0.1) is 13.7 Å². The Morgan fingerprint density at radius 3 is 2.75 bits per heavy atom. The number of rotatable bonds is 7. The molecule has 5 nitrogen and oxygen atoms in total. The summed E-state index contributed by atoms with van der Waals surface area (Å²) in [7, 11) is 3.27. The minimum absolute atomic E-state index is 0.105. The van der Waals surface area contributed by atoms with Gasteiger partial charge in [-0.15, -0.1) is 0 Å². The minimum Gasteiger partial charge on any atom is -0.481 e. The predicted octanol–water partition coefficient (Wildman–Crippen LogP) is 0.326. The summed E-state index contributed by atoms with van der Waals surface area (Å²) in [6, 6.07) is 3.90. The summed E-state index contributed by atoms with van der Waals surface area (Å²) in [5, 5.41) is 3.29. The van der Waals surface area contributed by atoms with Gasteiger partial charge in [-0.25, -0.2) is 4.98 Å². The van der Waals surface area contributed by atoms with Crippen LogP contribution < -0.4 is 15.8 Å². The van der Waals surface area contributed by atoms with E-state index in [2.05, 4.69) is 10.3 Å². The van der Waals surface area contributed by atoms with E-state index < -0.39 is 0 Å². The molecule has 1 rings (SSSR count). The van der Waals surface area contributed by atoms with Crippen molar-refractivity contribution in [2.24, 2.45) is 5.73 Å². The van der Waals surface area contributed by atoms with Crippen molar-refractivity contribution in [3.8, 4) is 5.88 Å². The van der Waals surface area contributed by atoms with Crippen LogP contribution in [0.1, 0.15) is 11.6 Å². The maximum absolute atomic E-state index is 5.70. The molecule has 1 unspecified atom stereocenters. The lowest BCUT2D eigenvalue weighted by Crippen LogP contribution is -2.30. The zero-order valence-electron chi connectivity index (χ0n) is 9.77. The monoisotopic (exact) mass is 225 g/mol. The standard InChI is InChI=1S/C11H19N3O2/c1-15-6-5-13-10(7-12)9-3-4-11(16-2)14-8-9/h3-4,8,10,13H,5-7,12H2,1-2H3. The summed E-state index contributed by atoms with van der Waals surface area (Å²) >= 11 is 0. The highest BCUT2D eigenvalue weighted by Crippen LogP contribution is 2.13. The summed E-state index contributed by atoms with van der Waals surface area (Å²) in [5.41, 5.74) is 6.75. The molecule has 3 N–H and O–H groups in total. The van der Waals surface area contributed by atoms with Crippen LogP contribution in [-0.4, -0.2) is 38.9 Å². The van der Waals surface area contributed by atoms with E-state index in [4.69, 9.17) is 15.2 Å². The quantitative estimate of drug-likeness (QED) is 0.654. The van der Waals surface area contributed by atoms with Gasteiger partial charge in [0.1, 0.15) is 0 Å². The van der Waals surface area contributed by atoms with Crippen molar-refractivity contribution in [3.63, 3.8) is 0 Å². The molecule has 0 saturated heterocycles. The second-order valence-electron chi connectivity index (χ2n) is 3.37. The van der Waals surface area contributed by atoms with Gasteiger partial charge < -0.3 is 20.5 Å². The smallest absolute Gasteiger partial charge is 0.212 e. The first-order valence-corrected chi connectivity index (χ1v) is 5.24. The lowest BCUT2D eigenvalue weighted by Gasteiger charge is -2.16. The molecule has 0 fully saturated rings. The molecule has 0 radical (unpaired) electrons. The predicted molar refractivity (Wildman–Crippen MR) is 62.5 cm³/mol. The van der Waals surface area contributed by atoms with E-state index in [9.17, 15) is 0 Å².